The number of fused-ring (bicyclic) bond motifs is 2. The van der Waals surface area contributed by atoms with Gasteiger partial charge in [-0.2, -0.15) is 0 Å². The number of esters is 1. The van der Waals surface area contributed by atoms with E-state index in [1.54, 1.807) is 24.3 Å². The number of carbonyl (C=O) groups excluding carboxylic acids is 1. The van der Waals surface area contributed by atoms with Crippen LogP contribution >= 0.6 is 0 Å². The summed E-state index contributed by atoms with van der Waals surface area (Å²) >= 11 is 0. The van der Waals surface area contributed by atoms with Gasteiger partial charge in [0.25, 0.3) is 0 Å². The highest BCUT2D eigenvalue weighted by Gasteiger charge is 2.32. The average molecular weight is 819 g/mol. The Morgan fingerprint density at radius 1 is 0.862 bits per heavy atom. The molecule has 1 aliphatic rings. The number of benzene rings is 4. The molecule has 0 aliphatic carbocycles. The fourth-order valence-electron chi connectivity index (χ4n) is 6.44. The number of unbranched alkanes of at least 4 members (excludes halogenated alkanes) is 5. The number of aryl methyl sites for hydroxylation is 3. The van der Waals surface area contributed by atoms with Crippen LogP contribution in [0, 0.1) is 26.2 Å². The zero-order valence-electron chi connectivity index (χ0n) is 34.8. The molecule has 316 valence electrons. The maximum Gasteiger partial charge on any atom is 0.316 e. The van der Waals surface area contributed by atoms with E-state index < -0.39 is 40.8 Å². The van der Waals surface area contributed by atoms with Crippen LogP contribution in [0.15, 0.2) is 77.7 Å². The van der Waals surface area contributed by atoms with Crippen LogP contribution in [0.25, 0.3) is 11.6 Å². The van der Waals surface area contributed by atoms with Crippen LogP contribution in [0.3, 0.4) is 0 Å². The van der Waals surface area contributed by atoms with Gasteiger partial charge < -0.3 is 39.8 Å². The van der Waals surface area contributed by atoms with Crippen molar-refractivity contribution in [2.75, 3.05) is 32.2 Å². The molecule has 0 fully saturated rings. The Balaban J connectivity index is 0.000000416. The molecule has 1 aliphatic heterocycles. The first kappa shape index (κ1) is 47.8. The number of carbonyl (C=O) groups is 1. The molecular weight excluding hydrogens is 759 g/mol. The van der Waals surface area contributed by atoms with Gasteiger partial charge in [-0.05, 0) is 80.8 Å². The molecule has 0 saturated heterocycles. The van der Waals surface area contributed by atoms with Gasteiger partial charge in [0.05, 0.1) is 37.9 Å². The van der Waals surface area contributed by atoms with Gasteiger partial charge in [0.2, 0.25) is 0 Å². The van der Waals surface area contributed by atoms with Crippen molar-refractivity contribution >= 4 is 39.1 Å². The second kappa shape index (κ2) is 22.6. The van der Waals surface area contributed by atoms with E-state index in [4.69, 9.17) is 20.1 Å². The summed E-state index contributed by atoms with van der Waals surface area (Å²) in [7, 11) is -3.55. The lowest BCUT2D eigenvalue weighted by Gasteiger charge is -2.24. The minimum absolute atomic E-state index is 0.253. The summed E-state index contributed by atoms with van der Waals surface area (Å²) in [5.74, 6) is 0.380. The molecule has 0 aromatic heterocycles. The second-order valence-corrected chi connectivity index (χ2v) is 16.2. The second-order valence-electron chi connectivity index (χ2n) is 14.9. The monoisotopic (exact) mass is 818 g/mol. The predicted molar refractivity (Wildman–Crippen MR) is 228 cm³/mol. The summed E-state index contributed by atoms with van der Waals surface area (Å²) in [6.45, 7) is 10.9. The third-order valence-electron chi connectivity index (χ3n) is 9.79. The molecule has 0 bridgehead atoms. The molecule has 5 N–H and O–H groups in total. The Hall–Kier alpha value is -4.56. The average Bonchev–Trinajstić information content (AvgIpc) is 3.21. The van der Waals surface area contributed by atoms with Crippen molar-refractivity contribution in [1.82, 2.24) is 0 Å². The summed E-state index contributed by atoms with van der Waals surface area (Å²) < 4.78 is 47.4. The van der Waals surface area contributed by atoms with E-state index in [0.717, 1.165) is 27.7 Å². The van der Waals surface area contributed by atoms with Crippen LogP contribution in [0.2, 0.25) is 0 Å². The van der Waals surface area contributed by atoms with E-state index in [1.165, 1.54) is 70.3 Å². The van der Waals surface area contributed by atoms with Crippen molar-refractivity contribution in [1.29, 1.82) is 0 Å². The zero-order valence-corrected chi connectivity index (χ0v) is 35.6. The molecule has 0 radical (unpaired) electrons. The quantitative estimate of drug-likeness (QED) is 0.0433. The number of aliphatic hydroxyl groups is 4. The van der Waals surface area contributed by atoms with Crippen LogP contribution in [-0.4, -0.2) is 72.4 Å². The summed E-state index contributed by atoms with van der Waals surface area (Å²) in [4.78, 5) is 10.4. The maximum absolute atomic E-state index is 12.2. The number of nitrogens with one attached hydrogen (secondary N) is 1. The molecule has 11 nitrogen and oxygen atoms in total. The van der Waals surface area contributed by atoms with E-state index in [-0.39, 0.29) is 17.9 Å². The van der Waals surface area contributed by atoms with Crippen LogP contribution in [0.4, 0.5) is 11.4 Å². The Bertz CT molecular complexity index is 2180. The smallest absolute Gasteiger partial charge is 0.316 e. The van der Waals surface area contributed by atoms with Gasteiger partial charge in [-0.25, -0.2) is 8.42 Å². The zero-order chi connectivity index (χ0) is 43.0. The minimum Gasteiger partial charge on any atom is -0.744 e. The number of hydrogen-bond acceptors (Lipinski definition) is 11. The van der Waals surface area contributed by atoms with Gasteiger partial charge in [-0.1, -0.05) is 100 Å². The number of anilines is 2. The molecular formula is C46H60NO10S-. The van der Waals surface area contributed by atoms with E-state index in [9.17, 15) is 22.9 Å². The van der Waals surface area contributed by atoms with Gasteiger partial charge in [-0.15, -0.1) is 0 Å². The van der Waals surface area contributed by atoms with Crippen molar-refractivity contribution in [3.05, 3.63) is 111 Å². The first-order chi connectivity index (χ1) is 27.6. The van der Waals surface area contributed by atoms with Crippen molar-refractivity contribution in [2.24, 2.45) is 5.41 Å². The predicted octanol–water partition coefficient (Wildman–Crippen LogP) is 6.65. The van der Waals surface area contributed by atoms with E-state index in [0.29, 0.717) is 33.4 Å². The molecule has 4 aromatic carbocycles. The highest BCUT2D eigenvalue weighted by atomic mass is 32.2. The highest BCUT2D eigenvalue weighted by molar-refractivity contribution is 7.85. The molecule has 12 heteroatoms. The van der Waals surface area contributed by atoms with Crippen LogP contribution in [0.5, 0.6) is 11.5 Å². The normalized spacial score (nSPS) is 12.8. The van der Waals surface area contributed by atoms with Gasteiger partial charge >= 0.3 is 5.97 Å². The van der Waals surface area contributed by atoms with E-state index in [1.807, 2.05) is 44.2 Å². The Morgan fingerprint density at radius 3 is 2.02 bits per heavy atom. The lowest BCUT2D eigenvalue weighted by Crippen LogP contribution is -2.36. The van der Waals surface area contributed by atoms with Crippen molar-refractivity contribution < 1.29 is 47.7 Å². The van der Waals surface area contributed by atoms with Crippen molar-refractivity contribution in [3.63, 3.8) is 0 Å². The molecule has 58 heavy (non-hydrogen) atoms. The summed E-state index contributed by atoms with van der Waals surface area (Å²) in [5, 5.41) is 41.1. The van der Waals surface area contributed by atoms with E-state index in [2.05, 4.69) is 43.0 Å². The van der Waals surface area contributed by atoms with Gasteiger partial charge in [0, 0.05) is 39.4 Å². The molecule has 1 heterocycles. The topological polar surface area (TPSA) is 186 Å². The lowest BCUT2D eigenvalue weighted by atomic mass is 9.92. The number of rotatable bonds is 15. The fourth-order valence-corrected chi connectivity index (χ4v) is 7.12. The minimum atomic E-state index is -4.76. The molecule has 0 saturated carbocycles. The Morgan fingerprint density at radius 2 is 1.48 bits per heavy atom. The van der Waals surface area contributed by atoms with E-state index >= 15 is 0 Å². The highest BCUT2D eigenvalue weighted by Crippen LogP contribution is 2.40. The fraction of sp³-hybridized carbons (Fsp3) is 0.413. The molecule has 1 atom stereocenters. The van der Waals surface area contributed by atoms with Crippen LogP contribution in [0.1, 0.15) is 93.5 Å². The van der Waals surface area contributed by atoms with Gasteiger partial charge in [0.15, 0.2) is 0 Å². The Labute approximate surface area is 343 Å². The number of ether oxygens (including phenoxy) is 2. The van der Waals surface area contributed by atoms with Crippen LogP contribution in [-0.2, 0) is 19.6 Å². The molecule has 0 amide bonds. The Kier molecular flexibility index (Phi) is 18.6. The number of aliphatic hydroxyl groups excluding tert-OH is 4. The molecule has 4 aromatic rings. The first-order valence-corrected chi connectivity index (χ1v) is 21.1. The summed E-state index contributed by atoms with van der Waals surface area (Å²) in [6.07, 6.45) is 9.65. The first-order valence-electron chi connectivity index (χ1n) is 19.7. The lowest BCUT2D eigenvalue weighted by molar-refractivity contribution is -0.156. The molecule has 5 rings (SSSR count). The third-order valence-corrected chi connectivity index (χ3v) is 10.7. The van der Waals surface area contributed by atoms with Crippen molar-refractivity contribution in [2.45, 2.75) is 97.5 Å². The van der Waals surface area contributed by atoms with Crippen molar-refractivity contribution in [3.8, 4) is 11.5 Å². The number of methoxy groups -OCH3 is 1. The largest absolute Gasteiger partial charge is 0.744 e. The number of hydrogen-bond donors (Lipinski definition) is 5. The SMILES string of the molecule is CCCCCCCC.COC(=O)C(C)(CO)CO.Cc1cc(C)c(Nc2ccc3c(c2)Oc2c/c(=C/CC(O)CO)ccc2=C3c2ccccc2S(=O)(=O)[O-])c(C)c1. The summed E-state index contributed by atoms with van der Waals surface area (Å²) in [5.41, 5.74) is 5.53. The van der Waals surface area contributed by atoms with Gasteiger partial charge in [0.1, 0.15) is 27.0 Å². The summed E-state index contributed by atoms with van der Waals surface area (Å²) in [6, 6.07) is 21.4. The standard InChI is InChI=1S/C32H31NO6S.C8H18.C6H12O4/c1-19-14-20(2)32(21(3)15-19)33-23-10-13-26-29(17-23)39-28-16-22(8-11-24(35)18-34)9-12-25(28)31(26)27-6-4-5-7-30(27)40(36,37)38;1-3-5-7-8-6-4-2;1-6(3-7,4-8)5(9)10-2/h4-10,12-17,24,33-35H,11,18H2,1-3H3,(H,36,37,38);3-8H2,1-2H3;7-8H,3-4H2,1-2H3/p-1/b22-8+;;. The van der Waals surface area contributed by atoms with Gasteiger partial charge in [-0.3, -0.25) is 4.79 Å². The molecule has 0 spiro atoms. The van der Waals surface area contributed by atoms with Crippen LogP contribution < -0.4 is 20.5 Å². The maximum atomic E-state index is 12.2. The third kappa shape index (κ3) is 13.0. The molecule has 1 unspecified atom stereocenters.